The maximum Gasteiger partial charge on any atom is 0.239 e. The highest BCUT2D eigenvalue weighted by molar-refractivity contribution is 8.14. The van der Waals surface area contributed by atoms with Gasteiger partial charge < -0.3 is 5.32 Å². The molecule has 3 aliphatic rings. The summed E-state index contributed by atoms with van der Waals surface area (Å²) in [5.41, 5.74) is 0. The van der Waals surface area contributed by atoms with Crippen LogP contribution in [0.15, 0.2) is 4.99 Å². The lowest BCUT2D eigenvalue weighted by Gasteiger charge is -2.20. The lowest BCUT2D eigenvalue weighted by molar-refractivity contribution is -0.119. The number of amides is 1. The van der Waals surface area contributed by atoms with Crippen molar-refractivity contribution in [1.29, 1.82) is 0 Å². The minimum atomic E-state index is 0.164. The summed E-state index contributed by atoms with van der Waals surface area (Å²) >= 11 is 3.60. The van der Waals surface area contributed by atoms with Gasteiger partial charge in [-0.2, -0.15) is 0 Å². The van der Waals surface area contributed by atoms with Gasteiger partial charge in [-0.1, -0.05) is 37.4 Å². The van der Waals surface area contributed by atoms with Gasteiger partial charge in [0.25, 0.3) is 0 Å². The number of thioether (sulfide) groups is 2. The monoisotopic (exact) mass is 298 g/mol. The Morgan fingerprint density at radius 2 is 2.05 bits per heavy atom. The second-order valence-electron chi connectivity index (χ2n) is 5.68. The molecule has 1 N–H and O–H groups in total. The van der Waals surface area contributed by atoms with Gasteiger partial charge in [0.15, 0.2) is 5.17 Å². The molecule has 0 aromatic carbocycles. The van der Waals surface area contributed by atoms with E-state index in [1.165, 1.54) is 38.5 Å². The van der Waals surface area contributed by atoms with Gasteiger partial charge in [0.2, 0.25) is 5.91 Å². The molecule has 2 heterocycles. The quantitative estimate of drug-likeness (QED) is 0.809. The third-order valence-corrected chi connectivity index (χ3v) is 6.90. The first-order chi connectivity index (χ1) is 9.33. The molecule has 0 bridgehead atoms. The number of nitrogens with zero attached hydrogens (tertiary/aromatic N) is 1. The number of fused-ring (bicyclic) bond motifs is 1. The normalized spacial score (nSPS) is 35.2. The van der Waals surface area contributed by atoms with Crippen LogP contribution >= 0.6 is 23.5 Å². The predicted molar refractivity (Wildman–Crippen MR) is 83.9 cm³/mol. The molecule has 0 aromatic heterocycles. The Morgan fingerprint density at radius 3 is 2.84 bits per heavy atom. The molecule has 2 fully saturated rings. The summed E-state index contributed by atoms with van der Waals surface area (Å²) in [6, 6.07) is 0. The van der Waals surface area contributed by atoms with Crippen molar-refractivity contribution in [3.63, 3.8) is 0 Å². The molecule has 106 valence electrons. The van der Waals surface area contributed by atoms with Crippen molar-refractivity contribution in [2.24, 2.45) is 10.9 Å². The fourth-order valence-corrected chi connectivity index (χ4v) is 5.75. The average molecular weight is 298 g/mol. The van der Waals surface area contributed by atoms with Crippen LogP contribution in [0, 0.1) is 5.92 Å². The molecule has 3 unspecified atom stereocenters. The molecule has 1 amide bonds. The summed E-state index contributed by atoms with van der Waals surface area (Å²) < 4.78 is 0. The van der Waals surface area contributed by atoms with Crippen molar-refractivity contribution in [3.05, 3.63) is 0 Å². The lowest BCUT2D eigenvalue weighted by Crippen LogP contribution is -2.34. The van der Waals surface area contributed by atoms with E-state index in [1.807, 2.05) is 11.8 Å². The number of hydrogen-bond donors (Lipinski definition) is 1. The van der Waals surface area contributed by atoms with Crippen LogP contribution in [0.25, 0.3) is 0 Å². The number of hydrogen-bond acceptors (Lipinski definition) is 4. The van der Waals surface area contributed by atoms with E-state index in [1.54, 1.807) is 11.8 Å². The highest BCUT2D eigenvalue weighted by Crippen LogP contribution is 2.44. The van der Waals surface area contributed by atoms with Gasteiger partial charge in [0, 0.05) is 11.0 Å². The third-order valence-electron chi connectivity index (χ3n) is 4.30. The van der Waals surface area contributed by atoms with Crippen molar-refractivity contribution in [2.75, 3.05) is 12.3 Å². The molecular weight excluding hydrogens is 276 g/mol. The van der Waals surface area contributed by atoms with E-state index in [4.69, 9.17) is 0 Å². The first-order valence-electron chi connectivity index (χ1n) is 7.46. The molecule has 19 heavy (non-hydrogen) atoms. The van der Waals surface area contributed by atoms with Crippen molar-refractivity contribution < 1.29 is 4.79 Å². The Labute approximate surface area is 123 Å². The number of aliphatic imine (C=N–C) groups is 1. The standard InChI is InChI=1S/C14H22N2OS2/c17-13(16-14-15-7-8-18-14)12-9-10-5-3-1-2-4-6-11(10)19-12/h10-12H,1-9H2,(H,15,16,17). The number of carbonyl (C=O) groups is 1. The van der Waals surface area contributed by atoms with Gasteiger partial charge in [0.05, 0.1) is 11.8 Å². The van der Waals surface area contributed by atoms with Gasteiger partial charge in [0.1, 0.15) is 0 Å². The van der Waals surface area contributed by atoms with Crippen LogP contribution in [-0.2, 0) is 4.79 Å². The molecule has 1 saturated heterocycles. The number of nitrogens with one attached hydrogen (secondary N) is 1. The van der Waals surface area contributed by atoms with Crippen LogP contribution in [0.5, 0.6) is 0 Å². The summed E-state index contributed by atoms with van der Waals surface area (Å²) in [5, 5.41) is 4.75. The fraction of sp³-hybridized carbons (Fsp3) is 0.857. The first-order valence-corrected chi connectivity index (χ1v) is 9.39. The molecule has 3 nitrogen and oxygen atoms in total. The molecule has 1 saturated carbocycles. The molecule has 5 heteroatoms. The highest BCUT2D eigenvalue weighted by Gasteiger charge is 2.38. The Bertz CT molecular complexity index is 356. The average Bonchev–Trinajstić information content (AvgIpc) is 2.99. The van der Waals surface area contributed by atoms with Crippen LogP contribution in [0.1, 0.15) is 44.9 Å². The van der Waals surface area contributed by atoms with Gasteiger partial charge >= 0.3 is 0 Å². The van der Waals surface area contributed by atoms with E-state index in [9.17, 15) is 4.79 Å². The molecule has 2 aliphatic heterocycles. The SMILES string of the molecule is O=C(NC1=NCCS1)C1CC2CCCCCCC2S1. The molecule has 1 aliphatic carbocycles. The molecule has 3 atom stereocenters. The van der Waals surface area contributed by atoms with Gasteiger partial charge in [-0.3, -0.25) is 9.79 Å². The molecule has 0 spiro atoms. The van der Waals surface area contributed by atoms with E-state index in [-0.39, 0.29) is 11.2 Å². The third kappa shape index (κ3) is 3.48. The Balaban J connectivity index is 1.55. The van der Waals surface area contributed by atoms with Crippen molar-refractivity contribution in [2.45, 2.75) is 55.4 Å². The van der Waals surface area contributed by atoms with E-state index in [2.05, 4.69) is 10.3 Å². The van der Waals surface area contributed by atoms with Gasteiger partial charge in [-0.25, -0.2) is 0 Å². The number of rotatable bonds is 1. The lowest BCUT2D eigenvalue weighted by atomic mass is 9.88. The molecule has 3 rings (SSSR count). The van der Waals surface area contributed by atoms with Crippen LogP contribution in [0.4, 0.5) is 0 Å². The van der Waals surface area contributed by atoms with Crippen molar-refractivity contribution in [1.82, 2.24) is 5.32 Å². The zero-order valence-corrected chi connectivity index (χ0v) is 12.9. The smallest absolute Gasteiger partial charge is 0.239 e. The van der Waals surface area contributed by atoms with E-state index in [0.717, 1.165) is 35.1 Å². The summed E-state index contributed by atoms with van der Waals surface area (Å²) in [5.74, 6) is 1.99. The number of amidine groups is 1. The second-order valence-corrected chi connectivity index (χ2v) is 8.21. The summed E-state index contributed by atoms with van der Waals surface area (Å²) in [7, 11) is 0. The Hall–Kier alpha value is -0.160. The van der Waals surface area contributed by atoms with Crippen LogP contribution in [0.2, 0.25) is 0 Å². The van der Waals surface area contributed by atoms with Crippen LogP contribution in [-0.4, -0.2) is 33.9 Å². The number of carbonyl (C=O) groups excluding carboxylic acids is 1. The van der Waals surface area contributed by atoms with E-state index >= 15 is 0 Å². The minimum absolute atomic E-state index is 0.164. The van der Waals surface area contributed by atoms with E-state index in [0.29, 0.717) is 0 Å². The zero-order valence-electron chi connectivity index (χ0n) is 11.3. The van der Waals surface area contributed by atoms with Crippen LogP contribution < -0.4 is 5.32 Å². The minimum Gasteiger partial charge on any atom is -0.304 e. The second kappa shape index (κ2) is 6.53. The summed E-state index contributed by atoms with van der Waals surface area (Å²) in [6.07, 6.45) is 9.21. The first kappa shape index (κ1) is 13.8. The molecule has 0 radical (unpaired) electrons. The fourth-order valence-electron chi connectivity index (χ4n) is 3.28. The topological polar surface area (TPSA) is 41.5 Å². The summed E-state index contributed by atoms with van der Waals surface area (Å²) in [6.45, 7) is 0.851. The van der Waals surface area contributed by atoms with E-state index < -0.39 is 0 Å². The molecule has 0 aromatic rings. The predicted octanol–water partition coefficient (Wildman–Crippen LogP) is 3.05. The van der Waals surface area contributed by atoms with Crippen molar-refractivity contribution >= 4 is 34.6 Å². The molecular formula is C14H22N2OS2. The van der Waals surface area contributed by atoms with Gasteiger partial charge in [-0.15, -0.1) is 11.8 Å². The summed E-state index contributed by atoms with van der Waals surface area (Å²) in [4.78, 5) is 16.6. The maximum absolute atomic E-state index is 12.3. The van der Waals surface area contributed by atoms with Crippen molar-refractivity contribution in [3.8, 4) is 0 Å². The van der Waals surface area contributed by atoms with Crippen LogP contribution in [0.3, 0.4) is 0 Å². The highest BCUT2D eigenvalue weighted by atomic mass is 32.2. The zero-order chi connectivity index (χ0) is 13.1. The Morgan fingerprint density at radius 1 is 1.21 bits per heavy atom. The van der Waals surface area contributed by atoms with Gasteiger partial charge in [-0.05, 0) is 25.2 Å². The largest absolute Gasteiger partial charge is 0.304 e. The Kier molecular flexibility index (Phi) is 4.74. The maximum atomic E-state index is 12.3.